The zero-order valence-electron chi connectivity index (χ0n) is 16.5. The summed E-state index contributed by atoms with van der Waals surface area (Å²) in [7, 11) is 0. The van der Waals surface area contributed by atoms with Crippen LogP contribution in [0.4, 0.5) is 0 Å². The predicted octanol–water partition coefficient (Wildman–Crippen LogP) is 3.92. The maximum atomic E-state index is 12.6. The molecule has 0 unspecified atom stereocenters. The van der Waals surface area contributed by atoms with Crippen LogP contribution in [0.3, 0.4) is 0 Å². The van der Waals surface area contributed by atoms with Crippen molar-refractivity contribution in [1.82, 2.24) is 10.3 Å². The number of carbonyl (C=O) groups is 2. The van der Waals surface area contributed by atoms with Crippen molar-refractivity contribution in [2.75, 3.05) is 13.1 Å². The van der Waals surface area contributed by atoms with Gasteiger partial charge in [-0.1, -0.05) is 26.8 Å². The summed E-state index contributed by atoms with van der Waals surface area (Å²) >= 11 is 1.47. The van der Waals surface area contributed by atoms with Crippen LogP contribution in [-0.2, 0) is 4.79 Å². The van der Waals surface area contributed by atoms with Crippen LogP contribution in [0.2, 0.25) is 0 Å². The third kappa shape index (κ3) is 3.02. The maximum absolute atomic E-state index is 12.6. The molecule has 2 aliphatic carbocycles. The fourth-order valence-corrected chi connectivity index (χ4v) is 5.90. The van der Waals surface area contributed by atoms with Gasteiger partial charge in [-0.05, 0) is 54.9 Å². The van der Waals surface area contributed by atoms with Crippen LogP contribution < -0.4 is 5.43 Å². The Kier molecular flexibility index (Phi) is 4.65. The minimum atomic E-state index is -0.0545. The van der Waals surface area contributed by atoms with Gasteiger partial charge in [0.15, 0.2) is 0 Å². The van der Waals surface area contributed by atoms with Crippen molar-refractivity contribution in [3.63, 3.8) is 0 Å². The summed E-state index contributed by atoms with van der Waals surface area (Å²) in [5.74, 6) is 0.724. The van der Waals surface area contributed by atoms with Gasteiger partial charge in [-0.3, -0.25) is 9.59 Å². The van der Waals surface area contributed by atoms with E-state index in [0.717, 1.165) is 11.3 Å². The normalized spacial score (nSPS) is 31.4. The molecule has 1 saturated heterocycles. The minimum absolute atomic E-state index is 0.00917. The lowest BCUT2D eigenvalue weighted by Crippen LogP contribution is -2.42. The highest BCUT2D eigenvalue weighted by atomic mass is 32.1. The van der Waals surface area contributed by atoms with Crippen molar-refractivity contribution < 1.29 is 9.59 Å². The van der Waals surface area contributed by atoms with Crippen LogP contribution >= 0.6 is 11.3 Å². The molecule has 6 heteroatoms. The van der Waals surface area contributed by atoms with Gasteiger partial charge in [0.05, 0.1) is 4.88 Å². The van der Waals surface area contributed by atoms with E-state index in [1.54, 1.807) is 0 Å². The number of hydrazone groups is 1. The molecule has 2 atom stereocenters. The summed E-state index contributed by atoms with van der Waals surface area (Å²) in [6, 6.07) is 3.76. The molecule has 2 heterocycles. The van der Waals surface area contributed by atoms with Gasteiger partial charge in [0.25, 0.3) is 5.91 Å². The van der Waals surface area contributed by atoms with Crippen molar-refractivity contribution >= 4 is 28.9 Å². The zero-order valence-corrected chi connectivity index (χ0v) is 17.3. The molecule has 146 valence electrons. The highest BCUT2D eigenvalue weighted by Crippen LogP contribution is 2.63. The molecule has 1 aliphatic heterocycles. The van der Waals surface area contributed by atoms with Crippen molar-refractivity contribution in [3.8, 4) is 0 Å². The van der Waals surface area contributed by atoms with Crippen LogP contribution in [0, 0.1) is 22.7 Å². The summed E-state index contributed by atoms with van der Waals surface area (Å²) < 4.78 is 0. The summed E-state index contributed by atoms with van der Waals surface area (Å²) in [5.41, 5.74) is 4.41. The monoisotopic (exact) mass is 387 g/mol. The van der Waals surface area contributed by atoms with Gasteiger partial charge in [-0.15, -0.1) is 11.3 Å². The van der Waals surface area contributed by atoms with E-state index in [0.29, 0.717) is 31.8 Å². The predicted molar refractivity (Wildman–Crippen MR) is 108 cm³/mol. The number of nitrogens with one attached hydrogen (secondary N) is 1. The van der Waals surface area contributed by atoms with Gasteiger partial charge in [-0.2, -0.15) is 5.10 Å². The Bertz CT molecular complexity index is 762. The molecule has 0 aromatic carbocycles. The van der Waals surface area contributed by atoms with E-state index in [1.165, 1.54) is 29.9 Å². The molecule has 27 heavy (non-hydrogen) atoms. The molecule has 2 amide bonds. The number of amides is 2. The first-order valence-electron chi connectivity index (χ1n) is 10.0. The Labute approximate surface area is 165 Å². The average molecular weight is 388 g/mol. The Morgan fingerprint density at radius 2 is 1.96 bits per heavy atom. The first-order chi connectivity index (χ1) is 12.8. The van der Waals surface area contributed by atoms with E-state index in [2.05, 4.69) is 31.3 Å². The van der Waals surface area contributed by atoms with Crippen molar-refractivity contribution in [2.24, 2.45) is 27.8 Å². The van der Waals surface area contributed by atoms with Crippen LogP contribution in [0.15, 0.2) is 22.6 Å². The largest absolute Gasteiger partial charge is 0.338 e. The molecular formula is C21H29N3O2S. The van der Waals surface area contributed by atoms with E-state index in [9.17, 15) is 9.59 Å². The Balaban J connectivity index is 1.32. The number of fused-ring (bicyclic) bond motifs is 2. The number of likely N-dealkylation sites (tertiary alicyclic amines) is 1. The second kappa shape index (κ2) is 6.73. The SMILES string of the molecule is CC1(C)[C@H]2CC[C@@]1(C)/C(=N/NC(=O)C1CCN(C(=O)c3cccs3)CC1)C2. The molecule has 3 aliphatic rings. The summed E-state index contributed by atoms with van der Waals surface area (Å²) in [6.45, 7) is 8.26. The fraction of sp³-hybridized carbons (Fsp3) is 0.667. The zero-order chi connectivity index (χ0) is 19.2. The van der Waals surface area contributed by atoms with Crippen molar-refractivity contribution in [1.29, 1.82) is 0 Å². The van der Waals surface area contributed by atoms with Gasteiger partial charge in [0.2, 0.25) is 5.91 Å². The molecule has 0 spiro atoms. The number of piperidine rings is 1. The third-order valence-corrected chi connectivity index (χ3v) is 8.56. The molecule has 4 rings (SSSR count). The number of thiophene rings is 1. The molecule has 3 fully saturated rings. The first-order valence-corrected chi connectivity index (χ1v) is 10.9. The fourth-order valence-electron chi connectivity index (χ4n) is 5.21. The van der Waals surface area contributed by atoms with Gasteiger partial charge in [-0.25, -0.2) is 5.43 Å². The van der Waals surface area contributed by atoms with Crippen LogP contribution in [0.5, 0.6) is 0 Å². The maximum Gasteiger partial charge on any atom is 0.263 e. The summed E-state index contributed by atoms with van der Waals surface area (Å²) in [5, 5.41) is 6.50. The molecular weight excluding hydrogens is 358 g/mol. The highest BCUT2D eigenvalue weighted by molar-refractivity contribution is 7.12. The molecule has 0 radical (unpaired) electrons. The number of rotatable bonds is 3. The average Bonchev–Trinajstić information content (AvgIpc) is 3.32. The Morgan fingerprint density at radius 1 is 1.22 bits per heavy atom. The number of hydrogen-bond acceptors (Lipinski definition) is 4. The molecule has 2 bridgehead atoms. The molecule has 1 aromatic rings. The summed E-state index contributed by atoms with van der Waals surface area (Å²) in [6.07, 6.45) is 4.87. The van der Waals surface area contributed by atoms with E-state index in [4.69, 9.17) is 0 Å². The molecule has 2 saturated carbocycles. The Hall–Kier alpha value is -1.69. The second-order valence-corrected chi connectivity index (χ2v) is 10.0. The van der Waals surface area contributed by atoms with E-state index in [1.807, 2.05) is 22.4 Å². The molecule has 1 aromatic heterocycles. The number of carbonyl (C=O) groups excluding carboxylic acids is 2. The van der Waals surface area contributed by atoms with Crippen LogP contribution in [0.25, 0.3) is 0 Å². The quantitative estimate of drug-likeness (QED) is 0.799. The van der Waals surface area contributed by atoms with Crippen LogP contribution in [0.1, 0.15) is 62.5 Å². The smallest absolute Gasteiger partial charge is 0.263 e. The number of hydrogen-bond donors (Lipinski definition) is 1. The van der Waals surface area contributed by atoms with Gasteiger partial charge >= 0.3 is 0 Å². The van der Waals surface area contributed by atoms with E-state index in [-0.39, 0.29) is 28.6 Å². The van der Waals surface area contributed by atoms with E-state index >= 15 is 0 Å². The highest BCUT2D eigenvalue weighted by Gasteiger charge is 2.60. The van der Waals surface area contributed by atoms with Gasteiger partial charge < -0.3 is 4.90 Å². The van der Waals surface area contributed by atoms with Crippen LogP contribution in [-0.4, -0.2) is 35.5 Å². The number of nitrogens with zero attached hydrogens (tertiary/aromatic N) is 2. The third-order valence-electron chi connectivity index (χ3n) is 7.70. The van der Waals surface area contributed by atoms with Crippen molar-refractivity contribution in [3.05, 3.63) is 22.4 Å². The minimum Gasteiger partial charge on any atom is -0.338 e. The molecule has 5 nitrogen and oxygen atoms in total. The lowest BCUT2D eigenvalue weighted by molar-refractivity contribution is -0.126. The lowest BCUT2D eigenvalue weighted by Gasteiger charge is -2.34. The topological polar surface area (TPSA) is 61.8 Å². The molecule has 1 N–H and O–H groups in total. The standard InChI is InChI=1S/C21H29N3O2S/c1-20(2)15-6-9-21(20,3)17(13-15)22-23-18(25)14-7-10-24(11-8-14)19(26)16-5-4-12-27-16/h4-5,12,14-15H,6-11,13H2,1-3H3,(H,23,25)/b22-17+/t15-,21-/m0/s1. The summed E-state index contributed by atoms with van der Waals surface area (Å²) in [4.78, 5) is 27.7. The van der Waals surface area contributed by atoms with Gasteiger partial charge in [0.1, 0.15) is 0 Å². The van der Waals surface area contributed by atoms with Crippen molar-refractivity contribution in [2.45, 2.75) is 52.9 Å². The second-order valence-electron chi connectivity index (χ2n) is 9.07. The van der Waals surface area contributed by atoms with E-state index < -0.39 is 0 Å². The first kappa shape index (κ1) is 18.7. The van der Waals surface area contributed by atoms with Gasteiger partial charge in [0, 0.05) is 30.1 Å². The Morgan fingerprint density at radius 3 is 2.52 bits per heavy atom. The lowest BCUT2D eigenvalue weighted by atomic mass is 9.70.